The fourth-order valence-corrected chi connectivity index (χ4v) is 4.80. The number of aromatic amines is 1. The van der Waals surface area contributed by atoms with Crippen molar-refractivity contribution in [2.24, 2.45) is 0 Å². The van der Waals surface area contributed by atoms with Gasteiger partial charge in [-0.2, -0.15) is 4.58 Å². The highest BCUT2D eigenvalue weighted by molar-refractivity contribution is 6.41. The van der Waals surface area contributed by atoms with E-state index in [1.807, 2.05) is 26.1 Å². The van der Waals surface area contributed by atoms with Crippen molar-refractivity contribution in [1.29, 1.82) is 0 Å². The van der Waals surface area contributed by atoms with Crippen LogP contribution >= 0.6 is 0 Å². The lowest BCUT2D eigenvalue weighted by Crippen LogP contribution is -2.30. The Morgan fingerprint density at radius 1 is 1.17 bits per heavy atom. The number of aliphatic hydroxyl groups is 1. The summed E-state index contributed by atoms with van der Waals surface area (Å²) in [5.74, 6) is -0.651. The maximum atomic E-state index is 13.8. The number of fused-ring (bicyclic) bond motifs is 2. The first kappa shape index (κ1) is 18.6. The average Bonchev–Trinajstić information content (AvgIpc) is 3.12. The largest absolute Gasteiger partial charge is 0.506 e. The normalized spacial score (nSPS) is 19.1. The molecule has 5 heteroatoms. The maximum absolute atomic E-state index is 13.8. The highest BCUT2D eigenvalue weighted by Gasteiger charge is 2.45. The minimum Gasteiger partial charge on any atom is -0.506 e. The van der Waals surface area contributed by atoms with Crippen LogP contribution in [-0.4, -0.2) is 33.2 Å². The van der Waals surface area contributed by atoms with E-state index in [9.17, 15) is 14.3 Å². The summed E-state index contributed by atoms with van der Waals surface area (Å²) in [5, 5.41) is 11.4. The van der Waals surface area contributed by atoms with Crippen molar-refractivity contribution in [3.05, 3.63) is 82.5 Å². The number of rotatable bonds is 2. The molecule has 1 aliphatic heterocycles. The Hall–Kier alpha value is -3.47. The standard InChI is InChI=1S/C25H21FN2O2/c1-13-21(15-11-14(26)9-10-18(15)27-13)22-23(29)16(24(22)30)12-20-25(2,3)17-7-5-6-8-19(17)28(20)4/h5-12H,1-4H3,(H,29,30)/p+1. The number of benzene rings is 2. The number of nitrogens with zero attached hydrogens (tertiary/aromatic N) is 1. The molecule has 30 heavy (non-hydrogen) atoms. The highest BCUT2D eigenvalue weighted by Crippen LogP contribution is 2.44. The van der Waals surface area contributed by atoms with Crippen molar-refractivity contribution in [3.63, 3.8) is 0 Å². The van der Waals surface area contributed by atoms with Gasteiger partial charge in [-0.05, 0) is 39.0 Å². The number of carbonyl (C=O) groups excluding carboxylic acids is 1. The van der Waals surface area contributed by atoms with Crippen molar-refractivity contribution in [2.75, 3.05) is 7.05 Å². The van der Waals surface area contributed by atoms with E-state index in [0.717, 1.165) is 22.6 Å². The predicted octanol–water partition coefficient (Wildman–Crippen LogP) is 5.10. The Kier molecular flexibility index (Phi) is 3.72. The van der Waals surface area contributed by atoms with Crippen LogP contribution in [0.5, 0.6) is 0 Å². The Labute approximate surface area is 173 Å². The molecule has 0 unspecified atom stereocenters. The van der Waals surface area contributed by atoms with E-state index in [1.165, 1.54) is 17.7 Å². The van der Waals surface area contributed by atoms with Crippen LogP contribution in [0.4, 0.5) is 10.1 Å². The number of para-hydroxylation sites is 1. The van der Waals surface area contributed by atoms with E-state index < -0.39 is 0 Å². The molecule has 0 saturated heterocycles. The maximum Gasteiger partial charge on any atom is 0.209 e. The van der Waals surface area contributed by atoms with Gasteiger partial charge in [0.15, 0.2) is 5.71 Å². The molecule has 0 atom stereocenters. The zero-order valence-electron chi connectivity index (χ0n) is 17.3. The number of ketones is 1. The SMILES string of the molecule is Cc1[nH]c2ccc(F)cc2c1C1=C(O)/C(=C/C2=[N+](C)c3ccccc3C2(C)C)C1=O. The summed E-state index contributed by atoms with van der Waals surface area (Å²) in [6.45, 7) is 6.04. The van der Waals surface area contributed by atoms with Gasteiger partial charge in [0.05, 0.1) is 16.6 Å². The molecule has 3 aromatic rings. The van der Waals surface area contributed by atoms with Crippen LogP contribution in [0.25, 0.3) is 16.5 Å². The summed E-state index contributed by atoms with van der Waals surface area (Å²) < 4.78 is 15.9. The van der Waals surface area contributed by atoms with Crippen LogP contribution < -0.4 is 0 Å². The van der Waals surface area contributed by atoms with E-state index in [1.54, 1.807) is 12.1 Å². The van der Waals surface area contributed by atoms with Crippen molar-refractivity contribution < 1.29 is 18.9 Å². The van der Waals surface area contributed by atoms with Gasteiger partial charge >= 0.3 is 0 Å². The lowest BCUT2D eigenvalue weighted by atomic mass is 9.77. The second kappa shape index (κ2) is 6.02. The number of aliphatic hydroxyl groups excluding tert-OH is 1. The first-order valence-corrected chi connectivity index (χ1v) is 9.90. The van der Waals surface area contributed by atoms with Gasteiger partial charge in [0.1, 0.15) is 18.6 Å². The van der Waals surface area contributed by atoms with Crippen LogP contribution in [0.15, 0.2) is 59.9 Å². The fraction of sp³-hybridized carbons (Fsp3) is 0.200. The van der Waals surface area contributed by atoms with Gasteiger partial charge in [-0.15, -0.1) is 0 Å². The Morgan fingerprint density at radius 2 is 1.90 bits per heavy atom. The molecule has 4 nitrogen and oxygen atoms in total. The Morgan fingerprint density at radius 3 is 2.60 bits per heavy atom. The van der Waals surface area contributed by atoms with Gasteiger partial charge in [-0.1, -0.05) is 18.2 Å². The molecule has 2 heterocycles. The lowest BCUT2D eigenvalue weighted by Gasteiger charge is -2.23. The molecule has 2 aromatic carbocycles. The number of hydrogen-bond donors (Lipinski definition) is 2. The molecule has 0 amide bonds. The van der Waals surface area contributed by atoms with E-state index in [2.05, 4.69) is 35.5 Å². The van der Waals surface area contributed by atoms with Crippen molar-refractivity contribution in [1.82, 2.24) is 4.98 Å². The molecule has 0 saturated carbocycles. The van der Waals surface area contributed by atoms with Crippen molar-refractivity contribution in [3.8, 4) is 0 Å². The van der Waals surface area contributed by atoms with E-state index in [0.29, 0.717) is 10.9 Å². The second-order valence-corrected chi connectivity index (χ2v) is 8.51. The topological polar surface area (TPSA) is 56.1 Å². The number of aryl methyl sites for hydroxylation is 1. The zero-order chi connectivity index (χ0) is 21.4. The van der Waals surface area contributed by atoms with Gasteiger partial charge in [0.25, 0.3) is 0 Å². The molecule has 2 aliphatic rings. The number of H-pyrrole nitrogens is 1. The van der Waals surface area contributed by atoms with E-state index >= 15 is 0 Å². The van der Waals surface area contributed by atoms with Crippen LogP contribution in [0.2, 0.25) is 0 Å². The van der Waals surface area contributed by atoms with Gasteiger partial charge in [-0.3, -0.25) is 4.79 Å². The molecule has 0 radical (unpaired) electrons. The third kappa shape index (κ3) is 2.32. The molecule has 0 fully saturated rings. The van der Waals surface area contributed by atoms with Gasteiger partial charge in [-0.25, -0.2) is 4.39 Å². The van der Waals surface area contributed by atoms with Crippen LogP contribution in [0.3, 0.4) is 0 Å². The number of aromatic nitrogens is 1. The van der Waals surface area contributed by atoms with Crippen molar-refractivity contribution >= 4 is 33.7 Å². The van der Waals surface area contributed by atoms with Crippen molar-refractivity contribution in [2.45, 2.75) is 26.2 Å². The Balaban J connectivity index is 1.65. The molecule has 150 valence electrons. The number of carbonyl (C=O) groups is 1. The molecular weight excluding hydrogens is 379 g/mol. The first-order valence-electron chi connectivity index (χ1n) is 9.90. The zero-order valence-corrected chi connectivity index (χ0v) is 17.3. The summed E-state index contributed by atoms with van der Waals surface area (Å²) in [7, 11) is 1.97. The predicted molar refractivity (Wildman–Crippen MR) is 116 cm³/mol. The summed E-state index contributed by atoms with van der Waals surface area (Å²) in [5.41, 5.74) is 5.47. The quantitative estimate of drug-likeness (QED) is 0.464. The number of Topliss-reactive ketones (excluding diaryl/α,β-unsaturated/α-hetero) is 1. The fourth-order valence-electron chi connectivity index (χ4n) is 4.80. The van der Waals surface area contributed by atoms with Crippen LogP contribution in [-0.2, 0) is 10.2 Å². The number of nitrogens with one attached hydrogen (secondary N) is 1. The molecule has 0 spiro atoms. The average molecular weight is 401 g/mol. The minimum atomic E-state index is -0.381. The smallest absolute Gasteiger partial charge is 0.209 e. The summed E-state index contributed by atoms with van der Waals surface area (Å²) >= 11 is 0. The summed E-state index contributed by atoms with van der Waals surface area (Å²) in [4.78, 5) is 16.3. The lowest BCUT2D eigenvalue weighted by molar-refractivity contribution is -0.401. The molecule has 0 bridgehead atoms. The number of allylic oxidation sites excluding steroid dienone is 3. The van der Waals surface area contributed by atoms with Crippen LogP contribution in [0, 0.1) is 12.7 Å². The molecule has 1 aliphatic carbocycles. The van der Waals surface area contributed by atoms with Gasteiger partial charge in [0.2, 0.25) is 11.5 Å². The third-order valence-corrected chi connectivity index (χ3v) is 6.38. The van der Waals surface area contributed by atoms with Crippen LogP contribution in [0.1, 0.15) is 30.7 Å². The molecule has 5 rings (SSSR count). The number of hydrogen-bond acceptors (Lipinski definition) is 2. The summed E-state index contributed by atoms with van der Waals surface area (Å²) in [6.07, 6.45) is 1.78. The van der Waals surface area contributed by atoms with E-state index in [4.69, 9.17) is 0 Å². The monoisotopic (exact) mass is 401 g/mol. The molecule has 1 aromatic heterocycles. The van der Waals surface area contributed by atoms with Gasteiger partial charge in [0, 0.05) is 39.9 Å². The Bertz CT molecular complexity index is 1370. The molecule has 2 N–H and O–H groups in total. The molecular formula is C25H22FN2O2+. The number of halogens is 1. The third-order valence-electron chi connectivity index (χ3n) is 6.38. The summed E-state index contributed by atoms with van der Waals surface area (Å²) in [6, 6.07) is 12.5. The second-order valence-electron chi connectivity index (χ2n) is 8.51. The minimum absolute atomic E-state index is 0.0408. The first-order chi connectivity index (χ1) is 14.2. The van der Waals surface area contributed by atoms with E-state index in [-0.39, 0.29) is 33.9 Å². The highest BCUT2D eigenvalue weighted by atomic mass is 19.1. The van der Waals surface area contributed by atoms with Gasteiger partial charge < -0.3 is 10.1 Å².